The molecule has 0 saturated carbocycles. The van der Waals surface area contributed by atoms with Gasteiger partial charge in [-0.25, -0.2) is 4.98 Å². The lowest BCUT2D eigenvalue weighted by atomic mass is 10.0. The van der Waals surface area contributed by atoms with Crippen molar-refractivity contribution >= 4 is 33.1 Å². The van der Waals surface area contributed by atoms with E-state index in [4.69, 9.17) is 13.9 Å². The standard InChI is InChI=1S/C23H18F3N3O4S/c1-10-13(31-2)7-6-11(18(10)32-3)20-28-17-16-12(14-5-4-8-33-14)9-15(23(24,25)26)27-22(16)34-19(17)21(30)29-20/h4-9,20,28H,1-3H3,(H,29,30)/t20-/m0/s1. The summed E-state index contributed by atoms with van der Waals surface area (Å²) in [5.74, 6) is 0.939. The molecule has 1 atom stereocenters. The molecular formula is C23H18F3N3O4S. The average Bonchev–Trinajstić information content (AvgIpc) is 3.46. The van der Waals surface area contributed by atoms with Gasteiger partial charge in [0, 0.05) is 22.1 Å². The van der Waals surface area contributed by atoms with Crippen LogP contribution < -0.4 is 20.1 Å². The van der Waals surface area contributed by atoms with Gasteiger partial charge in [-0.15, -0.1) is 11.3 Å². The molecule has 0 unspecified atom stereocenters. The van der Waals surface area contributed by atoms with Gasteiger partial charge in [0.2, 0.25) is 0 Å². The third kappa shape index (κ3) is 3.43. The number of hydrogen-bond acceptors (Lipinski definition) is 7. The minimum atomic E-state index is -4.66. The Morgan fingerprint density at radius 1 is 1.15 bits per heavy atom. The Kier molecular flexibility index (Phi) is 5.16. The number of hydrogen-bond donors (Lipinski definition) is 2. The van der Waals surface area contributed by atoms with Gasteiger partial charge >= 0.3 is 6.18 Å². The molecule has 5 rings (SSSR count). The number of thiophene rings is 1. The molecule has 3 aromatic heterocycles. The molecule has 0 saturated heterocycles. The van der Waals surface area contributed by atoms with Crippen LogP contribution in [-0.4, -0.2) is 25.1 Å². The highest BCUT2D eigenvalue weighted by Crippen LogP contribution is 2.47. The predicted molar refractivity (Wildman–Crippen MR) is 120 cm³/mol. The first-order chi connectivity index (χ1) is 16.2. The van der Waals surface area contributed by atoms with Crippen molar-refractivity contribution in [1.29, 1.82) is 0 Å². The number of furan rings is 1. The fourth-order valence-electron chi connectivity index (χ4n) is 4.11. The van der Waals surface area contributed by atoms with Crippen LogP contribution in [0.25, 0.3) is 21.5 Å². The molecule has 1 aliphatic heterocycles. The molecule has 1 amide bonds. The highest BCUT2D eigenvalue weighted by atomic mass is 32.1. The number of halogens is 3. The molecule has 1 aromatic carbocycles. The van der Waals surface area contributed by atoms with Crippen molar-refractivity contribution in [1.82, 2.24) is 10.3 Å². The number of carbonyl (C=O) groups is 1. The van der Waals surface area contributed by atoms with Gasteiger partial charge in [0.05, 0.1) is 26.2 Å². The first kappa shape index (κ1) is 22.1. The molecule has 0 bridgehead atoms. The van der Waals surface area contributed by atoms with Crippen LogP contribution >= 0.6 is 11.3 Å². The van der Waals surface area contributed by atoms with E-state index in [0.717, 1.165) is 23.0 Å². The quantitative estimate of drug-likeness (QED) is 0.379. The molecule has 2 N–H and O–H groups in total. The first-order valence-corrected chi connectivity index (χ1v) is 10.9. The Labute approximate surface area is 195 Å². The fourth-order valence-corrected chi connectivity index (χ4v) is 5.18. The zero-order chi connectivity index (χ0) is 24.2. The normalized spacial score (nSPS) is 15.6. The van der Waals surface area contributed by atoms with Gasteiger partial charge in [-0.3, -0.25) is 4.79 Å². The summed E-state index contributed by atoms with van der Waals surface area (Å²) in [4.78, 5) is 17.2. The van der Waals surface area contributed by atoms with Crippen LogP contribution in [-0.2, 0) is 6.18 Å². The molecule has 11 heteroatoms. The van der Waals surface area contributed by atoms with Crippen LogP contribution in [0.5, 0.6) is 11.5 Å². The SMILES string of the molecule is COc1ccc([C@@H]2NC(=O)c3sc4nc(C(F)(F)F)cc(-c5ccco5)c4c3N2)c(OC)c1C. The third-order valence-electron chi connectivity index (χ3n) is 5.63. The molecular weight excluding hydrogens is 471 g/mol. The van der Waals surface area contributed by atoms with E-state index in [9.17, 15) is 18.0 Å². The lowest BCUT2D eigenvalue weighted by Gasteiger charge is -2.28. The molecule has 0 fully saturated rings. The first-order valence-electron chi connectivity index (χ1n) is 10.1. The van der Waals surface area contributed by atoms with Crippen LogP contribution in [0.4, 0.5) is 18.9 Å². The number of nitrogens with one attached hydrogen (secondary N) is 2. The smallest absolute Gasteiger partial charge is 0.433 e. The molecule has 0 aliphatic carbocycles. The van der Waals surface area contributed by atoms with Crippen molar-refractivity contribution in [3.8, 4) is 22.8 Å². The Morgan fingerprint density at radius 2 is 1.94 bits per heavy atom. The zero-order valence-electron chi connectivity index (χ0n) is 18.2. The molecule has 34 heavy (non-hydrogen) atoms. The number of alkyl halides is 3. The lowest BCUT2D eigenvalue weighted by Crippen LogP contribution is -2.37. The van der Waals surface area contributed by atoms with E-state index in [2.05, 4.69) is 15.6 Å². The number of aromatic nitrogens is 1. The molecule has 176 valence electrons. The van der Waals surface area contributed by atoms with Crippen LogP contribution in [0.3, 0.4) is 0 Å². The summed E-state index contributed by atoms with van der Waals surface area (Å²) in [5.41, 5.74) is 0.899. The monoisotopic (exact) mass is 489 g/mol. The van der Waals surface area contributed by atoms with Gasteiger partial charge in [-0.1, -0.05) is 0 Å². The Morgan fingerprint density at radius 3 is 2.59 bits per heavy atom. The van der Waals surface area contributed by atoms with Crippen LogP contribution in [0.15, 0.2) is 41.0 Å². The van der Waals surface area contributed by atoms with Crippen LogP contribution in [0.1, 0.15) is 32.7 Å². The molecule has 0 spiro atoms. The van der Waals surface area contributed by atoms with Crippen molar-refractivity contribution in [3.05, 3.63) is 58.3 Å². The molecule has 1 aliphatic rings. The summed E-state index contributed by atoms with van der Waals surface area (Å²) in [6.45, 7) is 1.83. The molecule has 7 nitrogen and oxygen atoms in total. The van der Waals surface area contributed by atoms with Gasteiger partial charge in [0.25, 0.3) is 5.91 Å². The number of benzene rings is 1. The van der Waals surface area contributed by atoms with E-state index in [-0.39, 0.29) is 21.0 Å². The second-order valence-electron chi connectivity index (χ2n) is 7.58. The number of amides is 1. The Balaban J connectivity index is 1.70. The van der Waals surface area contributed by atoms with Crippen molar-refractivity contribution in [3.63, 3.8) is 0 Å². The van der Waals surface area contributed by atoms with Gasteiger partial charge in [-0.2, -0.15) is 13.2 Å². The summed E-state index contributed by atoms with van der Waals surface area (Å²) < 4.78 is 57.0. The van der Waals surface area contributed by atoms with Crippen molar-refractivity contribution in [2.45, 2.75) is 19.3 Å². The molecule has 0 radical (unpaired) electrons. The van der Waals surface area contributed by atoms with Gasteiger partial charge in [-0.05, 0) is 37.3 Å². The van der Waals surface area contributed by atoms with Crippen LogP contribution in [0, 0.1) is 6.92 Å². The van der Waals surface area contributed by atoms with E-state index in [1.165, 1.54) is 13.4 Å². The molecule has 4 heterocycles. The van der Waals surface area contributed by atoms with Crippen molar-refractivity contribution < 1.29 is 31.9 Å². The molecule has 4 aromatic rings. The number of carbonyl (C=O) groups excluding carboxylic acids is 1. The average molecular weight is 489 g/mol. The Bertz CT molecular complexity index is 1410. The van der Waals surface area contributed by atoms with Gasteiger partial charge < -0.3 is 24.5 Å². The van der Waals surface area contributed by atoms with E-state index >= 15 is 0 Å². The maximum atomic E-state index is 13.6. The minimum absolute atomic E-state index is 0.0763. The topological polar surface area (TPSA) is 85.6 Å². The van der Waals surface area contributed by atoms with E-state index in [1.54, 1.807) is 31.4 Å². The number of fused-ring (bicyclic) bond motifs is 3. The maximum Gasteiger partial charge on any atom is 0.433 e. The highest BCUT2D eigenvalue weighted by molar-refractivity contribution is 7.21. The van der Waals surface area contributed by atoms with Crippen molar-refractivity contribution in [2.24, 2.45) is 0 Å². The van der Waals surface area contributed by atoms with E-state index in [1.807, 2.05) is 6.92 Å². The summed E-state index contributed by atoms with van der Waals surface area (Å²) >= 11 is 0.887. The number of ether oxygens (including phenoxy) is 2. The Hall–Kier alpha value is -3.73. The number of nitrogens with zero attached hydrogens (tertiary/aromatic N) is 1. The second-order valence-corrected chi connectivity index (χ2v) is 8.58. The number of anilines is 1. The zero-order valence-corrected chi connectivity index (χ0v) is 19.0. The summed E-state index contributed by atoms with van der Waals surface area (Å²) in [5, 5.41) is 6.50. The maximum absolute atomic E-state index is 13.6. The summed E-state index contributed by atoms with van der Waals surface area (Å²) in [6, 6.07) is 7.61. The predicted octanol–water partition coefficient (Wildman–Crippen LogP) is 5.75. The van der Waals surface area contributed by atoms with Gasteiger partial charge in [0.15, 0.2) is 0 Å². The number of methoxy groups -OCH3 is 2. The van der Waals surface area contributed by atoms with Gasteiger partial charge in [0.1, 0.15) is 38.8 Å². The lowest BCUT2D eigenvalue weighted by molar-refractivity contribution is -0.140. The number of pyridine rings is 1. The fraction of sp³-hybridized carbons (Fsp3) is 0.217. The minimum Gasteiger partial charge on any atom is -0.496 e. The number of rotatable bonds is 4. The van der Waals surface area contributed by atoms with Crippen LogP contribution in [0.2, 0.25) is 0 Å². The third-order valence-corrected chi connectivity index (χ3v) is 6.71. The summed E-state index contributed by atoms with van der Waals surface area (Å²) in [6.07, 6.45) is -3.99. The largest absolute Gasteiger partial charge is 0.496 e. The second kappa shape index (κ2) is 7.94. The summed E-state index contributed by atoms with van der Waals surface area (Å²) in [7, 11) is 3.06. The highest BCUT2D eigenvalue weighted by Gasteiger charge is 2.37. The van der Waals surface area contributed by atoms with E-state index in [0.29, 0.717) is 28.1 Å². The van der Waals surface area contributed by atoms with Crippen molar-refractivity contribution in [2.75, 3.05) is 19.5 Å². The van der Waals surface area contributed by atoms with E-state index < -0.39 is 23.9 Å².